The van der Waals surface area contributed by atoms with Gasteiger partial charge in [0, 0.05) is 25.5 Å². The van der Waals surface area contributed by atoms with E-state index in [1.807, 2.05) is 19.4 Å². The van der Waals surface area contributed by atoms with E-state index in [0.29, 0.717) is 0 Å². The van der Waals surface area contributed by atoms with Gasteiger partial charge in [0.25, 0.3) is 0 Å². The van der Waals surface area contributed by atoms with E-state index in [-0.39, 0.29) is 6.04 Å². The predicted octanol–water partition coefficient (Wildman–Crippen LogP) is 1.54. The second-order valence-corrected chi connectivity index (χ2v) is 8.54. The molecule has 0 bridgehead atoms. The summed E-state index contributed by atoms with van der Waals surface area (Å²) in [6, 6.07) is -0.0577. The highest BCUT2D eigenvalue weighted by Crippen LogP contribution is 2.23. The van der Waals surface area contributed by atoms with Crippen molar-refractivity contribution in [1.82, 2.24) is 15.1 Å². The van der Waals surface area contributed by atoms with E-state index in [1.54, 1.807) is 18.5 Å². The molecule has 0 aliphatic heterocycles. The first-order chi connectivity index (χ1) is 9.18. The van der Waals surface area contributed by atoms with Gasteiger partial charge >= 0.3 is 0 Å². The van der Waals surface area contributed by atoms with Crippen LogP contribution in [-0.2, 0) is 23.3 Å². The summed E-state index contributed by atoms with van der Waals surface area (Å²) in [6.45, 7) is 6.52. The number of aromatic nitrogens is 2. The van der Waals surface area contributed by atoms with E-state index in [4.69, 9.17) is 0 Å². The first-order valence-corrected chi connectivity index (χ1v) is 8.98. The molecule has 0 aliphatic carbocycles. The van der Waals surface area contributed by atoms with Crippen molar-refractivity contribution in [1.29, 1.82) is 0 Å². The minimum absolute atomic E-state index is 0.0577. The number of aryl methyl sites for hydroxylation is 2. The van der Waals surface area contributed by atoms with Gasteiger partial charge in [-0.2, -0.15) is 5.10 Å². The Balaban J connectivity index is 2.79. The highest BCUT2D eigenvalue weighted by molar-refractivity contribution is 7.92. The highest BCUT2D eigenvalue weighted by atomic mass is 32.2. The SMILES string of the molecule is CCCNC(CCc1cnn(C)c1)C(C)(C)S(C)(=O)=O. The Hall–Kier alpha value is -0.880. The summed E-state index contributed by atoms with van der Waals surface area (Å²) in [5.74, 6) is 0. The Morgan fingerprint density at radius 1 is 1.45 bits per heavy atom. The van der Waals surface area contributed by atoms with Crippen LogP contribution < -0.4 is 5.32 Å². The molecule has 0 fully saturated rings. The van der Waals surface area contributed by atoms with Gasteiger partial charge in [-0.05, 0) is 45.2 Å². The third kappa shape index (κ3) is 4.31. The van der Waals surface area contributed by atoms with Gasteiger partial charge in [0.2, 0.25) is 0 Å². The van der Waals surface area contributed by atoms with Gasteiger partial charge in [0.15, 0.2) is 9.84 Å². The molecule has 1 N–H and O–H groups in total. The molecule has 116 valence electrons. The second-order valence-electron chi connectivity index (χ2n) is 5.94. The van der Waals surface area contributed by atoms with Gasteiger partial charge in [-0.15, -0.1) is 0 Å². The summed E-state index contributed by atoms with van der Waals surface area (Å²) in [7, 11) is -1.23. The molecule has 0 amide bonds. The molecule has 6 heteroatoms. The molecule has 0 aliphatic rings. The lowest BCUT2D eigenvalue weighted by Crippen LogP contribution is -2.51. The van der Waals surface area contributed by atoms with Gasteiger partial charge in [-0.1, -0.05) is 6.92 Å². The van der Waals surface area contributed by atoms with Crippen LogP contribution in [0.25, 0.3) is 0 Å². The molecule has 1 rings (SSSR count). The molecule has 1 atom stereocenters. The van der Waals surface area contributed by atoms with Crippen molar-refractivity contribution in [2.45, 2.75) is 50.8 Å². The number of nitrogens with zero attached hydrogens (tertiary/aromatic N) is 2. The molecule has 1 aromatic heterocycles. The maximum atomic E-state index is 12.0. The third-order valence-electron chi connectivity index (χ3n) is 3.92. The Morgan fingerprint density at radius 2 is 2.10 bits per heavy atom. The molecule has 0 saturated carbocycles. The topological polar surface area (TPSA) is 64.0 Å². The third-order valence-corrected chi connectivity index (χ3v) is 6.11. The highest BCUT2D eigenvalue weighted by Gasteiger charge is 2.38. The number of hydrogen-bond donors (Lipinski definition) is 1. The lowest BCUT2D eigenvalue weighted by Gasteiger charge is -2.33. The van der Waals surface area contributed by atoms with Gasteiger partial charge in [0.05, 0.1) is 10.9 Å². The fraction of sp³-hybridized carbons (Fsp3) is 0.786. The minimum Gasteiger partial charge on any atom is -0.312 e. The van der Waals surface area contributed by atoms with Gasteiger partial charge in [-0.3, -0.25) is 4.68 Å². The van der Waals surface area contributed by atoms with E-state index in [2.05, 4.69) is 17.3 Å². The van der Waals surface area contributed by atoms with Crippen LogP contribution in [0.3, 0.4) is 0 Å². The smallest absolute Gasteiger partial charge is 0.154 e. The number of hydrogen-bond acceptors (Lipinski definition) is 4. The van der Waals surface area contributed by atoms with Crippen molar-refractivity contribution < 1.29 is 8.42 Å². The van der Waals surface area contributed by atoms with Crippen LogP contribution in [0.4, 0.5) is 0 Å². The van der Waals surface area contributed by atoms with E-state index < -0.39 is 14.6 Å². The molecule has 1 aromatic rings. The fourth-order valence-electron chi connectivity index (χ4n) is 2.18. The van der Waals surface area contributed by atoms with Gasteiger partial charge < -0.3 is 5.32 Å². The van der Waals surface area contributed by atoms with Gasteiger partial charge in [-0.25, -0.2) is 8.42 Å². The van der Waals surface area contributed by atoms with Crippen LogP contribution in [0.1, 0.15) is 39.2 Å². The monoisotopic (exact) mass is 301 g/mol. The molecule has 0 spiro atoms. The second kappa shape index (κ2) is 6.72. The Morgan fingerprint density at radius 3 is 2.55 bits per heavy atom. The maximum absolute atomic E-state index is 12.0. The summed E-state index contributed by atoms with van der Waals surface area (Å²) < 4.78 is 25.0. The summed E-state index contributed by atoms with van der Waals surface area (Å²) in [6.07, 6.45) is 7.73. The van der Waals surface area contributed by atoms with Crippen molar-refractivity contribution in [2.24, 2.45) is 7.05 Å². The molecular formula is C14H27N3O2S. The molecule has 1 heterocycles. The van der Waals surface area contributed by atoms with E-state index >= 15 is 0 Å². The Kier molecular flexibility index (Phi) is 5.77. The molecule has 0 radical (unpaired) electrons. The molecule has 1 unspecified atom stereocenters. The minimum atomic E-state index is -3.11. The molecular weight excluding hydrogens is 274 g/mol. The summed E-state index contributed by atoms with van der Waals surface area (Å²) in [5, 5.41) is 7.53. The first kappa shape index (κ1) is 17.2. The molecule has 20 heavy (non-hydrogen) atoms. The largest absolute Gasteiger partial charge is 0.312 e. The van der Waals surface area contributed by atoms with E-state index in [0.717, 1.165) is 31.4 Å². The first-order valence-electron chi connectivity index (χ1n) is 7.09. The summed E-state index contributed by atoms with van der Waals surface area (Å²) >= 11 is 0. The number of rotatable bonds is 8. The summed E-state index contributed by atoms with van der Waals surface area (Å²) in [4.78, 5) is 0. The predicted molar refractivity (Wildman–Crippen MR) is 82.5 cm³/mol. The Labute approximate surface area is 122 Å². The van der Waals surface area contributed by atoms with E-state index in [9.17, 15) is 8.42 Å². The maximum Gasteiger partial charge on any atom is 0.154 e. The Bertz CT molecular complexity index is 520. The van der Waals surface area contributed by atoms with Crippen molar-refractivity contribution in [2.75, 3.05) is 12.8 Å². The van der Waals surface area contributed by atoms with Crippen molar-refractivity contribution in [3.63, 3.8) is 0 Å². The average Bonchev–Trinajstić information content (AvgIpc) is 2.73. The standard InChI is InChI=1S/C14H27N3O2S/c1-6-9-15-13(14(2,3)20(5,18)19)8-7-12-10-16-17(4)11-12/h10-11,13,15H,6-9H2,1-5H3. The number of sulfone groups is 1. The molecule has 0 aromatic carbocycles. The zero-order chi connectivity index (χ0) is 15.4. The van der Waals surface area contributed by atoms with Crippen LogP contribution in [0, 0.1) is 0 Å². The fourth-order valence-corrected chi connectivity index (χ4v) is 2.90. The van der Waals surface area contributed by atoms with Crippen LogP contribution in [0.5, 0.6) is 0 Å². The van der Waals surface area contributed by atoms with Gasteiger partial charge in [0.1, 0.15) is 0 Å². The van der Waals surface area contributed by atoms with E-state index in [1.165, 1.54) is 6.26 Å². The normalized spacial score (nSPS) is 14.4. The van der Waals surface area contributed by atoms with Crippen LogP contribution >= 0.6 is 0 Å². The van der Waals surface area contributed by atoms with Crippen molar-refractivity contribution >= 4 is 9.84 Å². The summed E-state index contributed by atoms with van der Waals surface area (Å²) in [5.41, 5.74) is 1.14. The van der Waals surface area contributed by atoms with Crippen molar-refractivity contribution in [3.8, 4) is 0 Å². The van der Waals surface area contributed by atoms with Crippen LogP contribution in [-0.4, -0.2) is 41.8 Å². The zero-order valence-corrected chi connectivity index (χ0v) is 14.0. The molecule has 5 nitrogen and oxygen atoms in total. The average molecular weight is 301 g/mol. The lowest BCUT2D eigenvalue weighted by atomic mass is 9.96. The number of nitrogens with one attached hydrogen (secondary N) is 1. The van der Waals surface area contributed by atoms with Crippen LogP contribution in [0.2, 0.25) is 0 Å². The van der Waals surface area contributed by atoms with Crippen LogP contribution in [0.15, 0.2) is 12.4 Å². The lowest BCUT2D eigenvalue weighted by molar-refractivity contribution is 0.388. The zero-order valence-electron chi connectivity index (χ0n) is 13.2. The quantitative estimate of drug-likeness (QED) is 0.791. The molecule has 0 saturated heterocycles. The van der Waals surface area contributed by atoms with Crippen molar-refractivity contribution in [3.05, 3.63) is 18.0 Å².